The molecule has 5 heteroatoms. The lowest BCUT2D eigenvalue weighted by atomic mass is 10.2. The van der Waals surface area contributed by atoms with Gasteiger partial charge in [0.05, 0.1) is 6.21 Å². The SMILES string of the molecule is Cc1ccc(/C=N\OCC(=O)Nc2ccc(Cl)cc2)cc1. The second-order valence-corrected chi connectivity index (χ2v) is 4.91. The van der Waals surface area contributed by atoms with Crippen LogP contribution in [-0.4, -0.2) is 18.7 Å². The molecule has 0 bridgehead atoms. The fourth-order valence-electron chi connectivity index (χ4n) is 1.58. The van der Waals surface area contributed by atoms with Crippen LogP contribution in [0.5, 0.6) is 0 Å². The third kappa shape index (κ3) is 5.28. The van der Waals surface area contributed by atoms with Crippen LogP contribution in [0.2, 0.25) is 5.02 Å². The summed E-state index contributed by atoms with van der Waals surface area (Å²) in [5, 5.41) is 7.06. The highest BCUT2D eigenvalue weighted by atomic mass is 35.5. The molecule has 0 aliphatic carbocycles. The average Bonchev–Trinajstić information content (AvgIpc) is 2.48. The number of amides is 1. The number of anilines is 1. The van der Waals surface area contributed by atoms with Gasteiger partial charge in [0, 0.05) is 10.7 Å². The van der Waals surface area contributed by atoms with Gasteiger partial charge in [-0.25, -0.2) is 0 Å². The Labute approximate surface area is 128 Å². The van der Waals surface area contributed by atoms with Crippen LogP contribution in [0.1, 0.15) is 11.1 Å². The van der Waals surface area contributed by atoms with E-state index in [1.54, 1.807) is 30.5 Å². The Morgan fingerprint density at radius 3 is 2.52 bits per heavy atom. The second kappa shape index (κ2) is 7.45. The van der Waals surface area contributed by atoms with Gasteiger partial charge in [-0.3, -0.25) is 4.79 Å². The van der Waals surface area contributed by atoms with E-state index in [4.69, 9.17) is 16.4 Å². The number of hydrogen-bond acceptors (Lipinski definition) is 3. The standard InChI is InChI=1S/C16H15ClN2O2/c1-12-2-4-13(5-3-12)10-18-21-11-16(20)19-15-8-6-14(17)7-9-15/h2-10H,11H2,1H3,(H,19,20)/b18-10-. The number of nitrogens with zero attached hydrogens (tertiary/aromatic N) is 1. The van der Waals surface area contributed by atoms with E-state index < -0.39 is 0 Å². The van der Waals surface area contributed by atoms with E-state index in [0.29, 0.717) is 10.7 Å². The maximum Gasteiger partial charge on any atom is 0.265 e. The predicted molar refractivity (Wildman–Crippen MR) is 84.8 cm³/mol. The summed E-state index contributed by atoms with van der Waals surface area (Å²) >= 11 is 5.76. The molecule has 0 spiro atoms. The topological polar surface area (TPSA) is 50.7 Å². The average molecular weight is 303 g/mol. The molecule has 0 saturated carbocycles. The molecule has 0 heterocycles. The van der Waals surface area contributed by atoms with Crippen LogP contribution >= 0.6 is 11.6 Å². The zero-order chi connectivity index (χ0) is 15.1. The van der Waals surface area contributed by atoms with Gasteiger partial charge in [0.25, 0.3) is 5.91 Å². The van der Waals surface area contributed by atoms with E-state index in [1.807, 2.05) is 31.2 Å². The third-order valence-electron chi connectivity index (χ3n) is 2.68. The van der Waals surface area contributed by atoms with Gasteiger partial charge < -0.3 is 10.2 Å². The second-order valence-electron chi connectivity index (χ2n) is 4.47. The molecule has 0 fully saturated rings. The largest absolute Gasteiger partial charge is 0.386 e. The predicted octanol–water partition coefficient (Wildman–Crippen LogP) is 3.64. The van der Waals surface area contributed by atoms with Gasteiger partial charge in [0.1, 0.15) is 0 Å². The maximum atomic E-state index is 11.6. The molecular formula is C16H15ClN2O2. The van der Waals surface area contributed by atoms with Crippen LogP contribution in [0.4, 0.5) is 5.69 Å². The molecule has 0 aliphatic rings. The Hall–Kier alpha value is -2.33. The van der Waals surface area contributed by atoms with Crippen LogP contribution in [0.25, 0.3) is 0 Å². The van der Waals surface area contributed by atoms with Crippen molar-refractivity contribution in [1.82, 2.24) is 0 Å². The van der Waals surface area contributed by atoms with Crippen molar-refractivity contribution in [2.24, 2.45) is 5.16 Å². The molecule has 0 radical (unpaired) electrons. The maximum absolute atomic E-state index is 11.6. The van der Waals surface area contributed by atoms with E-state index in [0.717, 1.165) is 5.56 Å². The Bertz CT molecular complexity index is 622. The van der Waals surface area contributed by atoms with E-state index in [1.165, 1.54) is 5.56 Å². The number of nitrogens with one attached hydrogen (secondary N) is 1. The Morgan fingerprint density at radius 1 is 1.19 bits per heavy atom. The molecule has 21 heavy (non-hydrogen) atoms. The number of carbonyl (C=O) groups is 1. The Morgan fingerprint density at radius 2 is 1.86 bits per heavy atom. The van der Waals surface area contributed by atoms with Crippen molar-refractivity contribution >= 4 is 29.4 Å². The monoisotopic (exact) mass is 302 g/mol. The summed E-state index contributed by atoms with van der Waals surface area (Å²) in [5.41, 5.74) is 2.75. The number of rotatable bonds is 5. The quantitative estimate of drug-likeness (QED) is 0.677. The van der Waals surface area contributed by atoms with Gasteiger partial charge in [-0.05, 0) is 36.8 Å². The first-order valence-corrected chi connectivity index (χ1v) is 6.79. The summed E-state index contributed by atoms with van der Waals surface area (Å²) in [7, 11) is 0. The van der Waals surface area contributed by atoms with Crippen molar-refractivity contribution in [2.75, 3.05) is 11.9 Å². The zero-order valence-electron chi connectivity index (χ0n) is 11.5. The summed E-state index contributed by atoms with van der Waals surface area (Å²) in [6.07, 6.45) is 1.56. The summed E-state index contributed by atoms with van der Waals surface area (Å²) in [6, 6.07) is 14.7. The van der Waals surface area contributed by atoms with Gasteiger partial charge in [-0.2, -0.15) is 0 Å². The van der Waals surface area contributed by atoms with Crippen LogP contribution in [-0.2, 0) is 9.63 Å². The van der Waals surface area contributed by atoms with Crippen molar-refractivity contribution < 1.29 is 9.63 Å². The Balaban J connectivity index is 1.76. The highest BCUT2D eigenvalue weighted by molar-refractivity contribution is 6.30. The lowest BCUT2D eigenvalue weighted by molar-refractivity contribution is -0.120. The van der Waals surface area contributed by atoms with Crippen LogP contribution < -0.4 is 5.32 Å². The molecule has 0 atom stereocenters. The summed E-state index contributed by atoms with van der Waals surface area (Å²) in [6.45, 7) is 1.86. The molecule has 1 N–H and O–H groups in total. The fraction of sp³-hybridized carbons (Fsp3) is 0.125. The number of oxime groups is 1. The van der Waals surface area contributed by atoms with Crippen LogP contribution in [0.15, 0.2) is 53.7 Å². The van der Waals surface area contributed by atoms with Crippen molar-refractivity contribution in [3.8, 4) is 0 Å². The fourth-order valence-corrected chi connectivity index (χ4v) is 1.70. The normalized spacial score (nSPS) is 10.6. The van der Waals surface area contributed by atoms with E-state index in [2.05, 4.69) is 10.5 Å². The zero-order valence-corrected chi connectivity index (χ0v) is 12.3. The van der Waals surface area contributed by atoms with Crippen LogP contribution in [0.3, 0.4) is 0 Å². The molecule has 4 nitrogen and oxygen atoms in total. The summed E-state index contributed by atoms with van der Waals surface area (Å²) in [5.74, 6) is -0.279. The van der Waals surface area contributed by atoms with Crippen LogP contribution in [0, 0.1) is 6.92 Å². The van der Waals surface area contributed by atoms with Gasteiger partial charge in [0.2, 0.25) is 0 Å². The van der Waals surface area contributed by atoms with Crippen molar-refractivity contribution in [3.05, 3.63) is 64.7 Å². The number of carbonyl (C=O) groups excluding carboxylic acids is 1. The molecule has 2 rings (SSSR count). The Kier molecular flexibility index (Phi) is 5.35. The van der Waals surface area contributed by atoms with Crippen molar-refractivity contribution in [3.63, 3.8) is 0 Å². The van der Waals surface area contributed by atoms with Gasteiger partial charge in [-0.1, -0.05) is 46.6 Å². The lowest BCUT2D eigenvalue weighted by Gasteiger charge is -2.04. The highest BCUT2D eigenvalue weighted by Gasteiger charge is 2.02. The minimum absolute atomic E-state index is 0.148. The van der Waals surface area contributed by atoms with Gasteiger partial charge in [-0.15, -0.1) is 0 Å². The highest BCUT2D eigenvalue weighted by Crippen LogP contribution is 2.13. The first-order chi connectivity index (χ1) is 10.1. The summed E-state index contributed by atoms with van der Waals surface area (Å²) in [4.78, 5) is 16.6. The number of hydrogen-bond donors (Lipinski definition) is 1. The number of aryl methyl sites for hydroxylation is 1. The third-order valence-corrected chi connectivity index (χ3v) is 2.93. The molecular weight excluding hydrogens is 288 g/mol. The van der Waals surface area contributed by atoms with Gasteiger partial charge >= 0.3 is 0 Å². The molecule has 2 aromatic carbocycles. The van der Waals surface area contributed by atoms with Crippen molar-refractivity contribution in [1.29, 1.82) is 0 Å². The molecule has 108 valence electrons. The number of benzene rings is 2. The molecule has 2 aromatic rings. The molecule has 0 saturated heterocycles. The summed E-state index contributed by atoms with van der Waals surface area (Å²) < 4.78 is 0. The molecule has 1 amide bonds. The van der Waals surface area contributed by atoms with E-state index >= 15 is 0 Å². The molecule has 0 aromatic heterocycles. The van der Waals surface area contributed by atoms with E-state index in [9.17, 15) is 4.79 Å². The minimum Gasteiger partial charge on any atom is -0.386 e. The minimum atomic E-state index is -0.279. The van der Waals surface area contributed by atoms with Gasteiger partial charge in [0.15, 0.2) is 6.61 Å². The first-order valence-electron chi connectivity index (χ1n) is 6.41. The number of halogens is 1. The first kappa shape index (κ1) is 15.1. The van der Waals surface area contributed by atoms with Crippen molar-refractivity contribution in [2.45, 2.75) is 6.92 Å². The van der Waals surface area contributed by atoms with E-state index in [-0.39, 0.29) is 12.5 Å². The molecule has 0 unspecified atom stereocenters. The molecule has 0 aliphatic heterocycles. The smallest absolute Gasteiger partial charge is 0.265 e. The lowest BCUT2D eigenvalue weighted by Crippen LogP contribution is -2.16.